The van der Waals surface area contributed by atoms with Crippen LogP contribution in [0.15, 0.2) is 24.3 Å². The normalized spacial score (nSPS) is 18.1. The lowest BCUT2D eigenvalue weighted by Gasteiger charge is -2.44. The molecule has 1 aliphatic rings. The Balaban J connectivity index is 2.10. The van der Waals surface area contributed by atoms with Gasteiger partial charge in [-0.2, -0.15) is 0 Å². The Morgan fingerprint density at radius 2 is 1.08 bits per heavy atom. The quantitative estimate of drug-likeness (QED) is 0.0256. The average Bonchev–Trinajstić information content (AvgIpc) is 3.25. The molecule has 0 aromatic heterocycles. The molecular formula is C44H73N5O16. The second kappa shape index (κ2) is 36.3. The summed E-state index contributed by atoms with van der Waals surface area (Å²) in [5.74, 6) is -3.19. The lowest BCUT2D eigenvalue weighted by molar-refractivity contribution is -0.279. The van der Waals surface area contributed by atoms with Crippen molar-refractivity contribution >= 4 is 47.4 Å². The van der Waals surface area contributed by atoms with Gasteiger partial charge in [-0.15, -0.1) is 0 Å². The Morgan fingerprint density at radius 3 is 1.63 bits per heavy atom. The number of hydrogen-bond donors (Lipinski definition) is 5. The largest absolute Gasteiger partial charge is 0.463 e. The number of allylic oxidation sites excluding steroid dienone is 1. The molecule has 0 saturated carbocycles. The minimum atomic E-state index is -1.23. The standard InChI is InChI=1S/C44H73N5O16/c1-7-35(8-2)28-47-38(55)16-13-11-9-10-12-14-17-39(56)48-29-40(57)45-19-15-18-37(54)46-20-21-58-22-23-59-24-25-60-26-27-61-44-41(49-31(3)50)43(64-34(6)53)42(63-33(5)52)36(65-44)30-62-32(4)51/h7-8,36,41-44H,1,9-30H2,2-6H3,(H,45,57)(H,46,54)(H,47,55)(H,48,56)(H,49,50)/b35-8+. The van der Waals surface area contributed by atoms with Gasteiger partial charge in [-0.05, 0) is 31.8 Å². The number of rotatable bonds is 36. The highest BCUT2D eigenvalue weighted by Gasteiger charge is 2.51. The fourth-order valence-electron chi connectivity index (χ4n) is 6.22. The van der Waals surface area contributed by atoms with Gasteiger partial charge in [-0.3, -0.25) is 38.4 Å². The monoisotopic (exact) mass is 928 g/mol. The molecule has 1 heterocycles. The summed E-state index contributed by atoms with van der Waals surface area (Å²) < 4.78 is 44.1. The van der Waals surface area contributed by atoms with Gasteiger partial charge in [0, 0.05) is 66.6 Å². The molecule has 0 bridgehead atoms. The smallest absolute Gasteiger partial charge is 0.303 e. The molecule has 5 amide bonds. The summed E-state index contributed by atoms with van der Waals surface area (Å²) in [5.41, 5.74) is 0.985. The van der Waals surface area contributed by atoms with Crippen LogP contribution in [0.3, 0.4) is 0 Å². The molecule has 370 valence electrons. The van der Waals surface area contributed by atoms with Crippen LogP contribution in [-0.2, 0) is 76.3 Å². The molecule has 1 aliphatic heterocycles. The van der Waals surface area contributed by atoms with Crippen molar-refractivity contribution in [1.82, 2.24) is 26.6 Å². The number of ether oxygens (including phenoxy) is 8. The predicted octanol–water partition coefficient (Wildman–Crippen LogP) is 1.21. The zero-order chi connectivity index (χ0) is 48.2. The third-order valence-corrected chi connectivity index (χ3v) is 9.42. The first-order valence-electron chi connectivity index (χ1n) is 22.3. The van der Waals surface area contributed by atoms with E-state index >= 15 is 0 Å². The van der Waals surface area contributed by atoms with Crippen LogP contribution in [0.1, 0.15) is 98.8 Å². The fraction of sp³-hybridized carbons (Fsp3) is 0.727. The zero-order valence-electron chi connectivity index (χ0n) is 38.8. The lowest BCUT2D eigenvalue weighted by atomic mass is 9.96. The van der Waals surface area contributed by atoms with Gasteiger partial charge >= 0.3 is 17.9 Å². The summed E-state index contributed by atoms with van der Waals surface area (Å²) in [5, 5.41) is 13.6. The first-order chi connectivity index (χ1) is 31.2. The molecule has 1 rings (SSSR count). The second-order valence-corrected chi connectivity index (χ2v) is 15.0. The summed E-state index contributed by atoms with van der Waals surface area (Å²) in [7, 11) is 0. The maximum Gasteiger partial charge on any atom is 0.303 e. The highest BCUT2D eigenvalue weighted by Crippen LogP contribution is 2.28. The van der Waals surface area contributed by atoms with E-state index in [1.165, 1.54) is 13.8 Å². The summed E-state index contributed by atoms with van der Waals surface area (Å²) >= 11 is 0. The van der Waals surface area contributed by atoms with Crippen LogP contribution in [0.4, 0.5) is 0 Å². The topological polar surface area (TPSA) is 271 Å². The van der Waals surface area contributed by atoms with E-state index in [1.54, 1.807) is 6.08 Å². The van der Waals surface area contributed by atoms with Crippen molar-refractivity contribution in [2.75, 3.05) is 79.0 Å². The van der Waals surface area contributed by atoms with Crippen molar-refractivity contribution < 1.29 is 76.3 Å². The van der Waals surface area contributed by atoms with Crippen LogP contribution in [-0.4, -0.2) is 157 Å². The number of carbonyl (C=O) groups is 8. The molecule has 21 heteroatoms. The molecule has 65 heavy (non-hydrogen) atoms. The van der Waals surface area contributed by atoms with Gasteiger partial charge in [-0.1, -0.05) is 44.4 Å². The van der Waals surface area contributed by atoms with Gasteiger partial charge in [0.15, 0.2) is 18.5 Å². The minimum Gasteiger partial charge on any atom is -0.463 e. The van der Waals surface area contributed by atoms with Gasteiger partial charge < -0.3 is 64.5 Å². The van der Waals surface area contributed by atoms with Crippen LogP contribution in [0.2, 0.25) is 0 Å². The molecule has 21 nitrogen and oxygen atoms in total. The van der Waals surface area contributed by atoms with E-state index in [2.05, 4.69) is 33.2 Å². The van der Waals surface area contributed by atoms with Crippen molar-refractivity contribution in [2.45, 2.75) is 129 Å². The second-order valence-electron chi connectivity index (χ2n) is 15.0. The van der Waals surface area contributed by atoms with E-state index in [4.69, 9.17) is 37.9 Å². The van der Waals surface area contributed by atoms with Crippen LogP contribution >= 0.6 is 0 Å². The molecule has 1 fully saturated rings. The van der Waals surface area contributed by atoms with Gasteiger partial charge in [0.25, 0.3) is 0 Å². The number of unbranched alkanes of at least 4 members (excludes halogenated alkanes) is 5. The first kappa shape index (κ1) is 58.1. The number of amides is 5. The van der Waals surface area contributed by atoms with Crippen LogP contribution in [0.5, 0.6) is 0 Å². The SMILES string of the molecule is C=C/C(=C\C)CNC(=O)CCCCCCCCC(=O)NCC(=O)NCCCC(=O)NCCOCCOCCOCCOC1OC(COC(C)=O)C(OC(C)=O)C(OC(C)=O)C1NC(C)=O. The van der Waals surface area contributed by atoms with E-state index in [1.807, 2.05) is 13.0 Å². The van der Waals surface area contributed by atoms with Crippen molar-refractivity contribution in [2.24, 2.45) is 0 Å². The molecule has 0 spiro atoms. The van der Waals surface area contributed by atoms with Gasteiger partial charge in [0.2, 0.25) is 29.5 Å². The maximum absolute atomic E-state index is 12.1. The van der Waals surface area contributed by atoms with E-state index < -0.39 is 54.5 Å². The Hall–Kier alpha value is -4.96. The molecule has 0 radical (unpaired) electrons. The highest BCUT2D eigenvalue weighted by atomic mass is 16.7. The highest BCUT2D eigenvalue weighted by molar-refractivity contribution is 5.84. The summed E-state index contributed by atoms with van der Waals surface area (Å²) in [6.07, 6.45) is 5.79. The molecule has 5 unspecified atom stereocenters. The van der Waals surface area contributed by atoms with Crippen molar-refractivity contribution in [3.05, 3.63) is 24.3 Å². The molecule has 1 saturated heterocycles. The summed E-state index contributed by atoms with van der Waals surface area (Å²) in [6.45, 7) is 12.4. The fourth-order valence-corrected chi connectivity index (χ4v) is 6.22. The van der Waals surface area contributed by atoms with Crippen molar-refractivity contribution in [1.29, 1.82) is 0 Å². The van der Waals surface area contributed by atoms with Gasteiger partial charge in [0.05, 0.1) is 52.8 Å². The molecule has 0 aliphatic carbocycles. The maximum atomic E-state index is 12.1. The number of esters is 3. The van der Waals surface area contributed by atoms with E-state index in [9.17, 15) is 38.4 Å². The third kappa shape index (κ3) is 30.0. The molecule has 0 aromatic carbocycles. The van der Waals surface area contributed by atoms with Crippen LogP contribution < -0.4 is 26.6 Å². The first-order valence-corrected chi connectivity index (χ1v) is 22.3. The van der Waals surface area contributed by atoms with E-state index in [0.29, 0.717) is 38.9 Å². The minimum absolute atomic E-state index is 0.0144. The number of nitrogens with one attached hydrogen (secondary N) is 5. The van der Waals surface area contributed by atoms with Crippen molar-refractivity contribution in [3.8, 4) is 0 Å². The predicted molar refractivity (Wildman–Crippen MR) is 235 cm³/mol. The summed E-state index contributed by atoms with van der Waals surface area (Å²) in [6, 6.07) is -1.08. The molecule has 5 atom stereocenters. The van der Waals surface area contributed by atoms with Crippen LogP contribution in [0.25, 0.3) is 0 Å². The third-order valence-electron chi connectivity index (χ3n) is 9.42. The number of hydrogen-bond acceptors (Lipinski definition) is 16. The Labute approximate surface area is 382 Å². The Morgan fingerprint density at radius 1 is 0.569 bits per heavy atom. The zero-order valence-corrected chi connectivity index (χ0v) is 38.8. The molecule has 0 aromatic rings. The van der Waals surface area contributed by atoms with Gasteiger partial charge in [-0.25, -0.2) is 0 Å². The molecule has 5 N–H and O–H groups in total. The van der Waals surface area contributed by atoms with Crippen LogP contribution in [0, 0.1) is 0 Å². The van der Waals surface area contributed by atoms with Crippen molar-refractivity contribution in [3.63, 3.8) is 0 Å². The molecular weight excluding hydrogens is 855 g/mol. The Bertz CT molecular complexity index is 1510. The average molecular weight is 928 g/mol. The van der Waals surface area contributed by atoms with E-state index in [-0.39, 0.29) is 89.4 Å². The lowest BCUT2D eigenvalue weighted by Crippen LogP contribution is -2.66. The van der Waals surface area contributed by atoms with E-state index in [0.717, 1.165) is 57.9 Å². The Kier molecular flexibility index (Phi) is 32.4. The van der Waals surface area contributed by atoms with Gasteiger partial charge in [0.1, 0.15) is 18.8 Å². The number of carbonyl (C=O) groups excluding carboxylic acids is 8. The summed E-state index contributed by atoms with van der Waals surface area (Å²) in [4.78, 5) is 95.6.